The van der Waals surface area contributed by atoms with Crippen LogP contribution in [0.15, 0.2) is 21.8 Å². The molecule has 5 nitrogen and oxygen atoms in total. The van der Waals surface area contributed by atoms with Crippen LogP contribution in [0.3, 0.4) is 0 Å². The summed E-state index contributed by atoms with van der Waals surface area (Å²) in [5.74, 6) is -0.433. The maximum absolute atomic E-state index is 10.5. The zero-order valence-electron chi connectivity index (χ0n) is 9.27. The molecule has 1 aliphatic rings. The van der Waals surface area contributed by atoms with Crippen LogP contribution in [-0.4, -0.2) is 35.6 Å². The lowest BCUT2D eigenvalue weighted by atomic mass is 10.2. The van der Waals surface area contributed by atoms with Crippen molar-refractivity contribution in [2.24, 2.45) is 15.7 Å². The first-order valence-corrected chi connectivity index (χ1v) is 4.80. The van der Waals surface area contributed by atoms with E-state index >= 15 is 0 Å². The SMILES string of the molecule is CC1=CC(C)=NC(C)N1/C=N\CC(N)=O. The molecule has 0 aromatic carbocycles. The molecule has 1 unspecified atom stereocenters. The van der Waals surface area contributed by atoms with E-state index in [0.717, 1.165) is 11.4 Å². The van der Waals surface area contributed by atoms with Gasteiger partial charge in [0.05, 0.1) is 6.34 Å². The molecule has 0 radical (unpaired) electrons. The third-order valence-electron chi connectivity index (χ3n) is 2.07. The second kappa shape index (κ2) is 4.72. The smallest absolute Gasteiger partial charge is 0.239 e. The van der Waals surface area contributed by atoms with E-state index in [0.29, 0.717) is 0 Å². The summed E-state index contributed by atoms with van der Waals surface area (Å²) >= 11 is 0. The molecule has 1 heterocycles. The molecule has 1 amide bonds. The van der Waals surface area contributed by atoms with Gasteiger partial charge in [-0.15, -0.1) is 0 Å². The van der Waals surface area contributed by atoms with E-state index in [4.69, 9.17) is 5.73 Å². The molecule has 0 aromatic heterocycles. The minimum absolute atomic E-state index is 0.0131. The Morgan fingerprint density at radius 2 is 2.40 bits per heavy atom. The molecule has 82 valence electrons. The summed E-state index contributed by atoms with van der Waals surface area (Å²) in [6, 6.07) is 0. The lowest BCUT2D eigenvalue weighted by Gasteiger charge is -2.28. The number of carbonyl (C=O) groups is 1. The summed E-state index contributed by atoms with van der Waals surface area (Å²) in [4.78, 5) is 20.7. The van der Waals surface area contributed by atoms with Gasteiger partial charge in [-0.05, 0) is 26.8 Å². The van der Waals surface area contributed by atoms with Crippen LogP contribution >= 0.6 is 0 Å². The van der Waals surface area contributed by atoms with Gasteiger partial charge >= 0.3 is 0 Å². The van der Waals surface area contributed by atoms with Crippen molar-refractivity contribution in [3.8, 4) is 0 Å². The molecule has 2 N–H and O–H groups in total. The topological polar surface area (TPSA) is 71.1 Å². The molecule has 0 aromatic rings. The quantitative estimate of drug-likeness (QED) is 0.542. The van der Waals surface area contributed by atoms with Crippen LogP contribution in [0.1, 0.15) is 20.8 Å². The summed E-state index contributed by atoms with van der Waals surface area (Å²) in [5.41, 5.74) is 7.04. The van der Waals surface area contributed by atoms with Crippen LogP contribution < -0.4 is 5.73 Å². The first-order valence-electron chi connectivity index (χ1n) is 4.80. The number of rotatable bonds is 3. The summed E-state index contributed by atoms with van der Waals surface area (Å²) in [6.45, 7) is 5.92. The fourth-order valence-corrected chi connectivity index (χ4v) is 1.47. The average molecular weight is 208 g/mol. The van der Waals surface area contributed by atoms with Gasteiger partial charge in [0.25, 0.3) is 0 Å². The Labute approximate surface area is 89.4 Å². The van der Waals surface area contributed by atoms with Crippen LogP contribution in [0.2, 0.25) is 0 Å². The van der Waals surface area contributed by atoms with E-state index in [-0.39, 0.29) is 12.7 Å². The normalized spacial score (nSPS) is 21.5. The Morgan fingerprint density at radius 1 is 1.73 bits per heavy atom. The Hall–Kier alpha value is -1.65. The zero-order chi connectivity index (χ0) is 11.4. The second-order valence-corrected chi connectivity index (χ2v) is 3.52. The predicted molar refractivity (Wildman–Crippen MR) is 60.7 cm³/mol. The monoisotopic (exact) mass is 208 g/mol. The highest BCUT2D eigenvalue weighted by atomic mass is 16.1. The Balaban J connectivity index is 2.68. The molecule has 1 aliphatic heterocycles. The number of carbonyl (C=O) groups excluding carboxylic acids is 1. The largest absolute Gasteiger partial charge is 0.368 e. The number of nitrogens with zero attached hydrogens (tertiary/aromatic N) is 3. The van der Waals surface area contributed by atoms with E-state index in [1.807, 2.05) is 31.7 Å². The van der Waals surface area contributed by atoms with Crippen molar-refractivity contribution in [2.75, 3.05) is 6.54 Å². The van der Waals surface area contributed by atoms with Gasteiger partial charge in [-0.3, -0.25) is 14.8 Å². The number of hydrogen-bond acceptors (Lipinski definition) is 3. The van der Waals surface area contributed by atoms with Crippen LogP contribution in [0.4, 0.5) is 0 Å². The van der Waals surface area contributed by atoms with Gasteiger partial charge in [-0.25, -0.2) is 0 Å². The Bertz CT molecular complexity index is 343. The van der Waals surface area contributed by atoms with E-state index in [9.17, 15) is 4.79 Å². The first kappa shape index (κ1) is 11.4. The van der Waals surface area contributed by atoms with Crippen LogP contribution in [-0.2, 0) is 4.79 Å². The van der Waals surface area contributed by atoms with Crippen LogP contribution in [0.25, 0.3) is 0 Å². The van der Waals surface area contributed by atoms with Gasteiger partial charge in [-0.1, -0.05) is 0 Å². The number of aliphatic imine (C=N–C) groups is 2. The molecule has 0 bridgehead atoms. The second-order valence-electron chi connectivity index (χ2n) is 3.52. The third kappa shape index (κ3) is 3.19. The van der Waals surface area contributed by atoms with Gasteiger partial charge in [0.2, 0.25) is 5.91 Å². The summed E-state index contributed by atoms with van der Waals surface area (Å²) in [7, 11) is 0. The van der Waals surface area contributed by atoms with Crippen molar-refractivity contribution in [1.29, 1.82) is 0 Å². The van der Waals surface area contributed by atoms with E-state index in [1.54, 1.807) is 6.34 Å². The highest BCUT2D eigenvalue weighted by molar-refractivity contribution is 5.94. The Kier molecular flexibility index (Phi) is 3.60. The fourth-order valence-electron chi connectivity index (χ4n) is 1.47. The zero-order valence-corrected chi connectivity index (χ0v) is 9.27. The number of nitrogens with two attached hydrogens (primary N) is 1. The lowest BCUT2D eigenvalue weighted by molar-refractivity contribution is -0.116. The average Bonchev–Trinajstić information content (AvgIpc) is 2.08. The number of primary amides is 1. The molecule has 1 rings (SSSR count). The molecule has 0 spiro atoms. The van der Waals surface area contributed by atoms with Gasteiger partial charge in [-0.2, -0.15) is 0 Å². The van der Waals surface area contributed by atoms with Gasteiger partial charge in [0, 0.05) is 11.4 Å². The molecule has 0 saturated heterocycles. The van der Waals surface area contributed by atoms with Crippen molar-refractivity contribution in [3.05, 3.63) is 11.8 Å². The first-order chi connectivity index (χ1) is 7.00. The third-order valence-corrected chi connectivity index (χ3v) is 2.07. The van der Waals surface area contributed by atoms with Gasteiger partial charge in [0.15, 0.2) is 0 Å². The summed E-state index contributed by atoms with van der Waals surface area (Å²) in [5, 5.41) is 0. The molecule has 0 saturated carbocycles. The summed E-state index contributed by atoms with van der Waals surface area (Å²) < 4.78 is 0. The molecule has 0 fully saturated rings. The van der Waals surface area contributed by atoms with Crippen molar-refractivity contribution in [2.45, 2.75) is 26.9 Å². The van der Waals surface area contributed by atoms with Gasteiger partial charge < -0.3 is 10.6 Å². The van der Waals surface area contributed by atoms with Crippen LogP contribution in [0.5, 0.6) is 0 Å². The maximum atomic E-state index is 10.5. The fraction of sp³-hybridized carbons (Fsp3) is 0.500. The van der Waals surface area contributed by atoms with Gasteiger partial charge in [0.1, 0.15) is 12.7 Å². The highest BCUT2D eigenvalue weighted by Crippen LogP contribution is 2.13. The van der Waals surface area contributed by atoms with Crippen molar-refractivity contribution in [3.63, 3.8) is 0 Å². The van der Waals surface area contributed by atoms with E-state index in [2.05, 4.69) is 9.98 Å². The van der Waals surface area contributed by atoms with Crippen molar-refractivity contribution < 1.29 is 4.79 Å². The standard InChI is InChI=1S/C10H16N4O/c1-7-4-8(2)14(9(3)13-7)6-12-5-10(11)15/h4,6,9H,5H2,1-3H3,(H2,11,15)/b12-6-. The number of allylic oxidation sites excluding steroid dienone is 2. The molecule has 15 heavy (non-hydrogen) atoms. The minimum atomic E-state index is -0.433. The maximum Gasteiger partial charge on any atom is 0.239 e. The van der Waals surface area contributed by atoms with E-state index < -0.39 is 5.91 Å². The Morgan fingerprint density at radius 3 is 2.93 bits per heavy atom. The summed E-state index contributed by atoms with van der Waals surface area (Å²) in [6.07, 6.45) is 3.60. The molecular formula is C10H16N4O. The molecule has 1 atom stereocenters. The molecular weight excluding hydrogens is 192 g/mol. The number of amides is 1. The molecule has 0 aliphatic carbocycles. The van der Waals surface area contributed by atoms with E-state index in [1.165, 1.54) is 0 Å². The van der Waals surface area contributed by atoms with Crippen molar-refractivity contribution in [1.82, 2.24) is 4.90 Å². The highest BCUT2D eigenvalue weighted by Gasteiger charge is 2.15. The molecule has 5 heteroatoms. The lowest BCUT2D eigenvalue weighted by Crippen LogP contribution is -2.32. The number of hydrogen-bond donors (Lipinski definition) is 1. The van der Waals surface area contributed by atoms with Crippen molar-refractivity contribution >= 4 is 18.0 Å². The minimum Gasteiger partial charge on any atom is -0.368 e. The predicted octanol–water partition coefficient (Wildman–Crippen LogP) is 0.526. The van der Waals surface area contributed by atoms with Crippen LogP contribution in [0, 0.1) is 0 Å².